The molecule has 1 aromatic heterocycles. The number of nitrogens with zero attached hydrogens (tertiary/aromatic N) is 2. The van der Waals surface area contributed by atoms with Gasteiger partial charge in [-0.1, -0.05) is 41.9 Å². The zero-order valence-corrected chi connectivity index (χ0v) is 14.3. The average molecular weight is 357 g/mol. The summed E-state index contributed by atoms with van der Waals surface area (Å²) in [6, 6.07) is 13.7. The normalized spacial score (nSPS) is 16.9. The fraction of sp³-hybridized carbons (Fsp3) is 0.263. The molecule has 1 atom stereocenters. The summed E-state index contributed by atoms with van der Waals surface area (Å²) in [5.74, 6) is 1.27. The third kappa shape index (κ3) is 3.67. The molecular formula is C19H17ClN2O3. The monoisotopic (exact) mass is 356 g/mol. The third-order valence-corrected chi connectivity index (χ3v) is 4.37. The zero-order chi connectivity index (χ0) is 17.1. The second kappa shape index (κ2) is 7.25. The van der Waals surface area contributed by atoms with E-state index in [0.29, 0.717) is 36.5 Å². The van der Waals surface area contributed by atoms with Gasteiger partial charge in [-0.15, -0.1) is 0 Å². The first-order valence-corrected chi connectivity index (χ1v) is 8.53. The predicted molar refractivity (Wildman–Crippen MR) is 95.2 cm³/mol. The number of hydrogen-bond acceptors (Lipinski definition) is 5. The van der Waals surface area contributed by atoms with Gasteiger partial charge in [0.25, 0.3) is 0 Å². The summed E-state index contributed by atoms with van der Waals surface area (Å²) in [5.41, 5.74) is 1.80. The summed E-state index contributed by atoms with van der Waals surface area (Å²) in [4.78, 5) is 8.31. The van der Waals surface area contributed by atoms with Gasteiger partial charge in [0.2, 0.25) is 0 Å². The molecule has 25 heavy (non-hydrogen) atoms. The van der Waals surface area contributed by atoms with E-state index in [4.69, 9.17) is 25.8 Å². The molecular weight excluding hydrogens is 340 g/mol. The minimum absolute atomic E-state index is 0.0138. The van der Waals surface area contributed by atoms with Crippen LogP contribution < -0.4 is 9.47 Å². The fourth-order valence-corrected chi connectivity index (χ4v) is 2.95. The number of benzene rings is 2. The molecule has 128 valence electrons. The van der Waals surface area contributed by atoms with Crippen molar-refractivity contribution in [1.82, 2.24) is 9.97 Å². The molecule has 2 heterocycles. The van der Waals surface area contributed by atoms with Crippen LogP contribution in [0, 0.1) is 0 Å². The smallest absolute Gasteiger partial charge is 0.163 e. The Kier molecular flexibility index (Phi) is 4.68. The van der Waals surface area contributed by atoms with E-state index in [9.17, 15) is 0 Å². The molecule has 0 amide bonds. The van der Waals surface area contributed by atoms with Crippen molar-refractivity contribution in [2.24, 2.45) is 0 Å². The SMILES string of the molecule is Clc1ncnc2cc(OCc3ccccc3)c(O[C@H]3CCOC3)cc12. The first-order chi connectivity index (χ1) is 12.3. The number of aromatic nitrogens is 2. The Bertz CT molecular complexity index is 867. The van der Waals surface area contributed by atoms with Crippen molar-refractivity contribution in [1.29, 1.82) is 0 Å². The van der Waals surface area contributed by atoms with E-state index in [1.54, 1.807) is 0 Å². The standard InChI is InChI=1S/C19H17ClN2O3/c20-19-15-8-18(25-14-6-7-23-11-14)17(9-16(15)21-12-22-19)24-10-13-4-2-1-3-5-13/h1-5,8-9,12,14H,6-7,10-11H2/t14-/m0/s1. The number of rotatable bonds is 5. The maximum atomic E-state index is 6.20. The van der Waals surface area contributed by atoms with Gasteiger partial charge in [0.15, 0.2) is 11.5 Å². The molecule has 1 saturated heterocycles. The summed E-state index contributed by atoms with van der Waals surface area (Å²) in [5, 5.41) is 1.14. The van der Waals surface area contributed by atoms with Crippen molar-refractivity contribution in [2.45, 2.75) is 19.1 Å². The van der Waals surface area contributed by atoms with Crippen LogP contribution in [0.3, 0.4) is 0 Å². The highest BCUT2D eigenvalue weighted by Crippen LogP contribution is 2.35. The van der Waals surface area contributed by atoms with E-state index < -0.39 is 0 Å². The number of halogens is 1. The van der Waals surface area contributed by atoms with Crippen LogP contribution in [0.5, 0.6) is 11.5 Å². The summed E-state index contributed by atoms with van der Waals surface area (Å²) in [6.07, 6.45) is 2.31. The van der Waals surface area contributed by atoms with Crippen LogP contribution in [0.4, 0.5) is 0 Å². The molecule has 5 nitrogen and oxygen atoms in total. The second-order valence-corrected chi connectivity index (χ2v) is 6.22. The molecule has 0 saturated carbocycles. The Labute approximate surface area is 150 Å². The van der Waals surface area contributed by atoms with Crippen LogP contribution in [-0.4, -0.2) is 29.3 Å². The first kappa shape index (κ1) is 16.1. The van der Waals surface area contributed by atoms with Gasteiger partial charge in [-0.05, 0) is 11.6 Å². The summed E-state index contributed by atoms with van der Waals surface area (Å²) in [7, 11) is 0. The van der Waals surface area contributed by atoms with Crippen LogP contribution >= 0.6 is 11.6 Å². The van der Waals surface area contributed by atoms with Crippen molar-refractivity contribution < 1.29 is 14.2 Å². The minimum atomic E-state index is 0.0138. The first-order valence-electron chi connectivity index (χ1n) is 8.15. The molecule has 0 radical (unpaired) electrons. The molecule has 2 aromatic carbocycles. The molecule has 6 heteroatoms. The van der Waals surface area contributed by atoms with Gasteiger partial charge in [0.05, 0.1) is 18.7 Å². The van der Waals surface area contributed by atoms with Crippen molar-refractivity contribution in [2.75, 3.05) is 13.2 Å². The lowest BCUT2D eigenvalue weighted by Gasteiger charge is -2.17. The fourth-order valence-electron chi connectivity index (χ4n) is 2.76. The van der Waals surface area contributed by atoms with E-state index in [2.05, 4.69) is 9.97 Å². The van der Waals surface area contributed by atoms with E-state index >= 15 is 0 Å². The molecule has 1 aliphatic rings. The number of ether oxygens (including phenoxy) is 3. The van der Waals surface area contributed by atoms with Crippen LogP contribution in [0.1, 0.15) is 12.0 Å². The number of hydrogen-bond donors (Lipinski definition) is 0. The van der Waals surface area contributed by atoms with Gasteiger partial charge in [-0.2, -0.15) is 0 Å². The summed E-state index contributed by atoms with van der Waals surface area (Å²) in [6.45, 7) is 1.74. The van der Waals surface area contributed by atoms with Crippen molar-refractivity contribution in [3.05, 3.63) is 59.5 Å². The van der Waals surface area contributed by atoms with Crippen molar-refractivity contribution >= 4 is 22.5 Å². The molecule has 4 rings (SSSR count). The molecule has 1 fully saturated rings. The summed E-state index contributed by atoms with van der Waals surface area (Å²) >= 11 is 6.20. The van der Waals surface area contributed by atoms with E-state index in [1.807, 2.05) is 42.5 Å². The topological polar surface area (TPSA) is 53.5 Å². The van der Waals surface area contributed by atoms with Crippen LogP contribution in [0.15, 0.2) is 48.8 Å². The Balaban J connectivity index is 1.66. The van der Waals surface area contributed by atoms with Gasteiger partial charge in [0.1, 0.15) is 24.2 Å². The van der Waals surface area contributed by atoms with Crippen LogP contribution in [0.2, 0.25) is 5.15 Å². The molecule has 0 bridgehead atoms. The summed E-state index contributed by atoms with van der Waals surface area (Å²) < 4.78 is 17.5. The van der Waals surface area contributed by atoms with Gasteiger partial charge >= 0.3 is 0 Å². The lowest BCUT2D eigenvalue weighted by atomic mass is 10.2. The van der Waals surface area contributed by atoms with Crippen molar-refractivity contribution in [3.63, 3.8) is 0 Å². The second-order valence-electron chi connectivity index (χ2n) is 5.86. The Morgan fingerprint density at radius 2 is 2.00 bits per heavy atom. The minimum Gasteiger partial charge on any atom is -0.485 e. The van der Waals surface area contributed by atoms with Gasteiger partial charge in [-0.25, -0.2) is 9.97 Å². The Hall–Kier alpha value is -2.37. The molecule has 0 aliphatic carbocycles. The molecule has 0 spiro atoms. The van der Waals surface area contributed by atoms with Gasteiger partial charge in [-0.3, -0.25) is 0 Å². The largest absolute Gasteiger partial charge is 0.485 e. The van der Waals surface area contributed by atoms with E-state index in [0.717, 1.165) is 22.9 Å². The molecule has 0 unspecified atom stereocenters. The lowest BCUT2D eigenvalue weighted by molar-refractivity contribution is 0.137. The Morgan fingerprint density at radius 3 is 2.80 bits per heavy atom. The van der Waals surface area contributed by atoms with Gasteiger partial charge in [0, 0.05) is 17.9 Å². The van der Waals surface area contributed by atoms with Crippen LogP contribution in [0.25, 0.3) is 10.9 Å². The highest BCUT2D eigenvalue weighted by atomic mass is 35.5. The third-order valence-electron chi connectivity index (χ3n) is 4.07. The lowest BCUT2D eigenvalue weighted by Crippen LogP contribution is -2.16. The highest BCUT2D eigenvalue weighted by molar-refractivity contribution is 6.34. The average Bonchev–Trinajstić information content (AvgIpc) is 3.15. The van der Waals surface area contributed by atoms with E-state index in [-0.39, 0.29) is 6.10 Å². The quantitative estimate of drug-likeness (QED) is 0.646. The highest BCUT2D eigenvalue weighted by Gasteiger charge is 2.20. The molecule has 1 aliphatic heterocycles. The Morgan fingerprint density at radius 1 is 1.12 bits per heavy atom. The number of fused-ring (bicyclic) bond motifs is 1. The van der Waals surface area contributed by atoms with Crippen LogP contribution in [-0.2, 0) is 11.3 Å². The molecule has 0 N–H and O–H groups in total. The predicted octanol–water partition coefficient (Wildman–Crippen LogP) is 4.03. The maximum absolute atomic E-state index is 6.20. The van der Waals surface area contributed by atoms with Gasteiger partial charge < -0.3 is 14.2 Å². The maximum Gasteiger partial charge on any atom is 0.163 e. The zero-order valence-electron chi connectivity index (χ0n) is 13.5. The molecule has 3 aromatic rings. The van der Waals surface area contributed by atoms with Crippen molar-refractivity contribution in [3.8, 4) is 11.5 Å². The van der Waals surface area contributed by atoms with E-state index in [1.165, 1.54) is 6.33 Å².